The van der Waals surface area contributed by atoms with Crippen LogP contribution in [0.1, 0.15) is 10.5 Å². The summed E-state index contributed by atoms with van der Waals surface area (Å²) in [6.07, 6.45) is 0. The van der Waals surface area contributed by atoms with Gasteiger partial charge in [0.05, 0.1) is 17.4 Å². The van der Waals surface area contributed by atoms with Gasteiger partial charge in [0.2, 0.25) is 0 Å². The molecule has 10 heteroatoms. The maximum atomic E-state index is 12.3. The van der Waals surface area contributed by atoms with Gasteiger partial charge in [-0.3, -0.25) is 24.5 Å². The summed E-state index contributed by atoms with van der Waals surface area (Å²) in [5, 5.41) is 10.9. The van der Waals surface area contributed by atoms with Crippen molar-refractivity contribution in [3.8, 4) is 11.1 Å². The van der Waals surface area contributed by atoms with E-state index in [-0.39, 0.29) is 22.4 Å². The maximum absolute atomic E-state index is 12.3. The SMILES string of the molecule is COC(=O)c1cc(-c2ccc([N+](=O)[O-])cc2)c2c(=O)[nH]c(=O)n(C)c2n1. The van der Waals surface area contributed by atoms with E-state index in [9.17, 15) is 24.5 Å². The second kappa shape index (κ2) is 6.24. The summed E-state index contributed by atoms with van der Waals surface area (Å²) in [4.78, 5) is 52.6. The Bertz CT molecular complexity index is 1160. The first-order valence-corrected chi connectivity index (χ1v) is 7.30. The number of nitro groups is 1. The van der Waals surface area contributed by atoms with Crippen LogP contribution >= 0.6 is 0 Å². The average Bonchev–Trinajstić information content (AvgIpc) is 2.64. The Morgan fingerprint density at radius 2 is 1.92 bits per heavy atom. The number of nitrogens with one attached hydrogen (secondary N) is 1. The number of benzene rings is 1. The molecule has 10 nitrogen and oxygen atoms in total. The van der Waals surface area contributed by atoms with Crippen LogP contribution in [0.5, 0.6) is 0 Å². The first-order valence-electron chi connectivity index (χ1n) is 7.30. The van der Waals surface area contributed by atoms with E-state index in [0.717, 1.165) is 4.57 Å². The summed E-state index contributed by atoms with van der Waals surface area (Å²) in [5.41, 5.74) is -0.864. The molecule has 2 aromatic heterocycles. The zero-order chi connectivity index (χ0) is 19.0. The largest absolute Gasteiger partial charge is 0.464 e. The molecule has 0 aliphatic heterocycles. The van der Waals surface area contributed by atoms with E-state index in [1.165, 1.54) is 44.5 Å². The molecule has 26 heavy (non-hydrogen) atoms. The van der Waals surface area contributed by atoms with E-state index in [0.29, 0.717) is 11.1 Å². The minimum Gasteiger partial charge on any atom is -0.464 e. The molecular formula is C16H12N4O6. The number of H-pyrrole nitrogens is 1. The lowest BCUT2D eigenvalue weighted by Crippen LogP contribution is -2.29. The highest BCUT2D eigenvalue weighted by molar-refractivity contribution is 5.98. The van der Waals surface area contributed by atoms with Gasteiger partial charge in [-0.1, -0.05) is 0 Å². The molecular weight excluding hydrogens is 344 g/mol. The average molecular weight is 356 g/mol. The van der Waals surface area contributed by atoms with Crippen molar-refractivity contribution in [2.45, 2.75) is 0 Å². The highest BCUT2D eigenvalue weighted by Gasteiger charge is 2.18. The monoisotopic (exact) mass is 356 g/mol. The Kier molecular flexibility index (Phi) is 4.08. The Morgan fingerprint density at radius 3 is 2.50 bits per heavy atom. The molecule has 0 unspecified atom stereocenters. The number of non-ortho nitro benzene ring substituents is 1. The Hall–Kier alpha value is -3.82. The number of methoxy groups -OCH3 is 1. The standard InChI is InChI=1S/C16H12N4O6/c1-19-13-12(14(21)18-16(19)23)10(7-11(17-13)15(22)26-2)8-3-5-9(6-4-8)20(24)25/h3-7H,1-2H3,(H,18,21,23). The van der Waals surface area contributed by atoms with Gasteiger partial charge in [0.15, 0.2) is 11.3 Å². The number of rotatable bonds is 3. The summed E-state index contributed by atoms with van der Waals surface area (Å²) in [6, 6.07) is 6.78. The first kappa shape index (κ1) is 17.0. The second-order valence-electron chi connectivity index (χ2n) is 5.37. The predicted molar refractivity (Wildman–Crippen MR) is 91.0 cm³/mol. The fourth-order valence-corrected chi connectivity index (χ4v) is 2.54. The van der Waals surface area contributed by atoms with E-state index in [1.54, 1.807) is 0 Å². The number of aromatic nitrogens is 3. The van der Waals surface area contributed by atoms with Crippen molar-refractivity contribution >= 4 is 22.7 Å². The lowest BCUT2D eigenvalue weighted by Gasteiger charge is -2.10. The summed E-state index contributed by atoms with van der Waals surface area (Å²) in [5.74, 6) is -0.747. The third kappa shape index (κ3) is 2.73. The molecule has 0 radical (unpaired) electrons. The molecule has 0 amide bonds. The topological polar surface area (TPSA) is 137 Å². The molecule has 3 rings (SSSR count). The number of pyridine rings is 1. The fourth-order valence-electron chi connectivity index (χ4n) is 2.54. The zero-order valence-electron chi connectivity index (χ0n) is 13.7. The molecule has 0 bridgehead atoms. The number of carbonyl (C=O) groups is 1. The van der Waals surface area contributed by atoms with Gasteiger partial charge in [0.1, 0.15) is 0 Å². The van der Waals surface area contributed by atoms with Crippen LogP contribution in [-0.2, 0) is 11.8 Å². The van der Waals surface area contributed by atoms with Gasteiger partial charge < -0.3 is 4.74 Å². The molecule has 1 aromatic carbocycles. The number of hydrogen-bond donors (Lipinski definition) is 1. The van der Waals surface area contributed by atoms with Crippen molar-refractivity contribution < 1.29 is 14.5 Å². The quantitative estimate of drug-likeness (QED) is 0.419. The van der Waals surface area contributed by atoms with Crippen LogP contribution in [-0.4, -0.2) is 32.5 Å². The van der Waals surface area contributed by atoms with Crippen molar-refractivity contribution in [2.75, 3.05) is 7.11 Å². The summed E-state index contributed by atoms with van der Waals surface area (Å²) < 4.78 is 5.76. The highest BCUT2D eigenvalue weighted by atomic mass is 16.6. The van der Waals surface area contributed by atoms with E-state index >= 15 is 0 Å². The molecule has 0 aliphatic carbocycles. The lowest BCUT2D eigenvalue weighted by atomic mass is 10.0. The predicted octanol–water partition coefficient (Wildman–Crippen LogP) is 0.984. The van der Waals surface area contributed by atoms with Crippen molar-refractivity contribution in [1.82, 2.24) is 14.5 Å². The number of ether oxygens (including phenoxy) is 1. The molecule has 0 aliphatic rings. The zero-order valence-corrected chi connectivity index (χ0v) is 13.7. The Balaban J connectivity index is 2.41. The third-order valence-electron chi connectivity index (χ3n) is 3.85. The molecule has 2 heterocycles. The van der Waals surface area contributed by atoms with Gasteiger partial charge in [0, 0.05) is 24.7 Å². The first-order chi connectivity index (χ1) is 12.3. The number of carbonyl (C=O) groups excluding carboxylic acids is 1. The number of nitro benzene ring substituents is 1. The molecule has 0 spiro atoms. The Morgan fingerprint density at radius 1 is 1.27 bits per heavy atom. The molecule has 132 valence electrons. The van der Waals surface area contributed by atoms with Gasteiger partial charge >= 0.3 is 11.7 Å². The summed E-state index contributed by atoms with van der Waals surface area (Å²) in [7, 11) is 2.57. The van der Waals surface area contributed by atoms with Crippen LogP contribution in [0.25, 0.3) is 22.2 Å². The van der Waals surface area contributed by atoms with Gasteiger partial charge in [-0.25, -0.2) is 14.6 Å². The minimum atomic E-state index is -0.747. The van der Waals surface area contributed by atoms with E-state index < -0.39 is 22.1 Å². The normalized spacial score (nSPS) is 10.7. The number of hydrogen-bond acceptors (Lipinski definition) is 7. The minimum absolute atomic E-state index is 0.00463. The number of nitrogens with zero attached hydrogens (tertiary/aromatic N) is 3. The second-order valence-corrected chi connectivity index (χ2v) is 5.37. The molecule has 1 N–H and O–H groups in total. The van der Waals surface area contributed by atoms with Gasteiger partial charge in [-0.2, -0.15) is 0 Å². The number of aryl methyl sites for hydroxylation is 1. The number of aromatic amines is 1. The van der Waals surface area contributed by atoms with Crippen LogP contribution in [0.3, 0.4) is 0 Å². The molecule has 0 saturated heterocycles. The summed E-state index contributed by atoms with van der Waals surface area (Å²) >= 11 is 0. The van der Waals surface area contributed by atoms with E-state index in [2.05, 4.69) is 14.7 Å². The van der Waals surface area contributed by atoms with Gasteiger partial charge in [-0.15, -0.1) is 0 Å². The highest BCUT2D eigenvalue weighted by Crippen LogP contribution is 2.27. The third-order valence-corrected chi connectivity index (χ3v) is 3.85. The van der Waals surface area contributed by atoms with E-state index in [1.807, 2.05) is 0 Å². The van der Waals surface area contributed by atoms with Crippen LogP contribution in [0.4, 0.5) is 5.69 Å². The molecule has 3 aromatic rings. The van der Waals surface area contributed by atoms with Crippen LogP contribution < -0.4 is 11.2 Å². The maximum Gasteiger partial charge on any atom is 0.356 e. The lowest BCUT2D eigenvalue weighted by molar-refractivity contribution is -0.384. The van der Waals surface area contributed by atoms with Crippen molar-refractivity contribution in [1.29, 1.82) is 0 Å². The fraction of sp³-hybridized carbons (Fsp3) is 0.125. The molecule has 0 fully saturated rings. The van der Waals surface area contributed by atoms with Crippen LogP contribution in [0, 0.1) is 10.1 Å². The van der Waals surface area contributed by atoms with Crippen molar-refractivity contribution in [3.05, 3.63) is 67.0 Å². The van der Waals surface area contributed by atoms with Gasteiger partial charge in [0.25, 0.3) is 11.2 Å². The molecule has 0 saturated carbocycles. The molecule has 0 atom stereocenters. The number of esters is 1. The number of fused-ring (bicyclic) bond motifs is 1. The van der Waals surface area contributed by atoms with Crippen LogP contribution in [0.15, 0.2) is 39.9 Å². The Labute approximate surface area is 144 Å². The van der Waals surface area contributed by atoms with E-state index in [4.69, 9.17) is 0 Å². The van der Waals surface area contributed by atoms with Crippen molar-refractivity contribution in [2.24, 2.45) is 7.05 Å². The van der Waals surface area contributed by atoms with Crippen molar-refractivity contribution in [3.63, 3.8) is 0 Å². The summed E-state index contributed by atoms with van der Waals surface area (Å²) in [6.45, 7) is 0. The van der Waals surface area contributed by atoms with Crippen LogP contribution in [0.2, 0.25) is 0 Å². The van der Waals surface area contributed by atoms with Gasteiger partial charge in [-0.05, 0) is 23.8 Å². The smallest absolute Gasteiger partial charge is 0.356 e.